The summed E-state index contributed by atoms with van der Waals surface area (Å²) in [7, 11) is 3.33. The van der Waals surface area contributed by atoms with E-state index in [9.17, 15) is 0 Å². The minimum atomic E-state index is 0. The van der Waals surface area contributed by atoms with Crippen LogP contribution in [0.3, 0.4) is 0 Å². The molecule has 0 amide bonds. The van der Waals surface area contributed by atoms with Crippen molar-refractivity contribution < 1.29 is 14.2 Å². The zero-order valence-corrected chi connectivity index (χ0v) is 14.5. The summed E-state index contributed by atoms with van der Waals surface area (Å²) >= 11 is 0. The van der Waals surface area contributed by atoms with E-state index in [-0.39, 0.29) is 30.0 Å². The molecule has 0 heterocycles. The van der Waals surface area contributed by atoms with Crippen LogP contribution in [0.2, 0.25) is 0 Å². The van der Waals surface area contributed by atoms with Crippen LogP contribution in [0, 0.1) is 0 Å². The van der Waals surface area contributed by atoms with Crippen molar-refractivity contribution in [3.05, 3.63) is 0 Å². The number of unbranched alkanes of at least 4 members (excludes halogenated alkanes) is 1. The van der Waals surface area contributed by atoms with Crippen molar-refractivity contribution in [2.45, 2.75) is 25.8 Å². The minimum absolute atomic E-state index is 0. The van der Waals surface area contributed by atoms with Crippen LogP contribution in [0.1, 0.15) is 19.8 Å². The maximum atomic E-state index is 5.72. The molecule has 0 spiro atoms. The fourth-order valence-electron chi connectivity index (χ4n) is 1.35. The zero-order chi connectivity index (χ0) is 13.6. The van der Waals surface area contributed by atoms with Crippen LogP contribution in [-0.4, -0.2) is 59.2 Å². The largest absolute Gasteiger partial charge is 0.383 e. The van der Waals surface area contributed by atoms with Gasteiger partial charge in [-0.2, -0.15) is 0 Å². The summed E-state index contributed by atoms with van der Waals surface area (Å²) in [5.41, 5.74) is 5.72. The van der Waals surface area contributed by atoms with Gasteiger partial charge >= 0.3 is 0 Å². The summed E-state index contributed by atoms with van der Waals surface area (Å²) in [6, 6.07) is 0.177. The number of methoxy groups -OCH3 is 2. The highest BCUT2D eigenvalue weighted by atomic mass is 127. The van der Waals surface area contributed by atoms with Gasteiger partial charge in [0.05, 0.1) is 19.8 Å². The van der Waals surface area contributed by atoms with Gasteiger partial charge < -0.3 is 25.3 Å². The van der Waals surface area contributed by atoms with Crippen LogP contribution < -0.4 is 11.1 Å². The van der Waals surface area contributed by atoms with Crippen molar-refractivity contribution in [2.24, 2.45) is 10.7 Å². The number of halogens is 1. The number of ether oxygens (including phenoxy) is 3. The van der Waals surface area contributed by atoms with Crippen molar-refractivity contribution in [1.82, 2.24) is 5.32 Å². The Labute approximate surface area is 133 Å². The van der Waals surface area contributed by atoms with E-state index in [1.165, 1.54) is 0 Å². The molecule has 0 saturated carbocycles. The average Bonchev–Trinajstić information content (AvgIpc) is 2.32. The van der Waals surface area contributed by atoms with Crippen LogP contribution in [0.4, 0.5) is 0 Å². The Morgan fingerprint density at radius 3 is 2.53 bits per heavy atom. The third kappa shape index (κ3) is 15.8. The molecule has 7 heteroatoms. The van der Waals surface area contributed by atoms with Crippen molar-refractivity contribution in [1.29, 1.82) is 0 Å². The molecule has 19 heavy (non-hydrogen) atoms. The third-order valence-electron chi connectivity index (χ3n) is 2.22. The van der Waals surface area contributed by atoms with Crippen LogP contribution in [-0.2, 0) is 14.2 Å². The summed E-state index contributed by atoms with van der Waals surface area (Å²) < 4.78 is 15.2. The summed E-state index contributed by atoms with van der Waals surface area (Å²) in [6.45, 7) is 5.36. The molecule has 0 fully saturated rings. The number of guanidine groups is 1. The van der Waals surface area contributed by atoms with Gasteiger partial charge in [-0.05, 0) is 19.8 Å². The first-order valence-corrected chi connectivity index (χ1v) is 6.32. The topological polar surface area (TPSA) is 78.1 Å². The first-order valence-electron chi connectivity index (χ1n) is 6.32. The van der Waals surface area contributed by atoms with E-state index in [0.717, 1.165) is 19.4 Å². The minimum Gasteiger partial charge on any atom is -0.383 e. The van der Waals surface area contributed by atoms with E-state index in [1.54, 1.807) is 14.2 Å². The zero-order valence-electron chi connectivity index (χ0n) is 12.2. The molecule has 0 aromatic carbocycles. The molecule has 0 bridgehead atoms. The van der Waals surface area contributed by atoms with Crippen LogP contribution in [0.15, 0.2) is 4.99 Å². The van der Waals surface area contributed by atoms with Gasteiger partial charge in [-0.3, -0.25) is 4.99 Å². The molecule has 0 aromatic heterocycles. The van der Waals surface area contributed by atoms with Gasteiger partial charge in [-0.25, -0.2) is 0 Å². The second kappa shape index (κ2) is 15.9. The smallest absolute Gasteiger partial charge is 0.188 e. The first-order chi connectivity index (χ1) is 8.70. The molecule has 116 valence electrons. The molecule has 1 atom stereocenters. The third-order valence-corrected chi connectivity index (χ3v) is 2.22. The molecule has 3 N–H and O–H groups in total. The predicted molar refractivity (Wildman–Crippen MR) is 88.3 cm³/mol. The van der Waals surface area contributed by atoms with Crippen LogP contribution in [0.5, 0.6) is 0 Å². The number of rotatable bonds is 11. The van der Waals surface area contributed by atoms with Crippen molar-refractivity contribution in [3.8, 4) is 0 Å². The van der Waals surface area contributed by atoms with E-state index < -0.39 is 0 Å². The molecule has 0 aromatic rings. The molecule has 1 unspecified atom stereocenters. The lowest BCUT2D eigenvalue weighted by Gasteiger charge is -2.12. The standard InChI is InChI=1S/C12H27N3O3.HI/c1-11(10-17-3)15-12(13)14-6-4-5-7-18-9-8-16-2;/h11H,4-10H2,1-3H3,(H3,13,14,15);1H. The molecule has 0 aliphatic rings. The van der Waals surface area contributed by atoms with E-state index >= 15 is 0 Å². The van der Waals surface area contributed by atoms with Crippen molar-refractivity contribution >= 4 is 29.9 Å². The van der Waals surface area contributed by atoms with Gasteiger partial charge in [0.15, 0.2) is 5.96 Å². The normalized spacial score (nSPS) is 12.9. The SMILES string of the molecule is COCCOCCCCN=C(N)NC(C)COC.I. The van der Waals surface area contributed by atoms with E-state index in [4.69, 9.17) is 19.9 Å². The fourth-order valence-corrected chi connectivity index (χ4v) is 1.35. The van der Waals surface area contributed by atoms with E-state index in [0.29, 0.717) is 32.3 Å². The van der Waals surface area contributed by atoms with Crippen LogP contribution in [0.25, 0.3) is 0 Å². The number of aliphatic imine (C=N–C) groups is 1. The summed E-state index contributed by atoms with van der Waals surface area (Å²) in [5.74, 6) is 0.472. The molecule has 0 aliphatic heterocycles. The molecule has 0 rings (SSSR count). The summed E-state index contributed by atoms with van der Waals surface area (Å²) in [5, 5.41) is 3.05. The van der Waals surface area contributed by atoms with Gasteiger partial charge in [0.25, 0.3) is 0 Å². The Bertz CT molecular complexity index is 218. The van der Waals surface area contributed by atoms with Gasteiger partial charge in [0.2, 0.25) is 0 Å². The number of nitrogens with zero attached hydrogens (tertiary/aromatic N) is 1. The van der Waals surface area contributed by atoms with Gasteiger partial charge in [-0.1, -0.05) is 0 Å². The lowest BCUT2D eigenvalue weighted by atomic mass is 10.3. The Balaban J connectivity index is 0. The maximum Gasteiger partial charge on any atom is 0.188 e. The predicted octanol–water partition coefficient (Wildman–Crippen LogP) is 0.987. The number of hydrogen-bond acceptors (Lipinski definition) is 4. The molecular weight excluding hydrogens is 361 g/mol. The number of hydrogen-bond donors (Lipinski definition) is 2. The summed E-state index contributed by atoms with van der Waals surface area (Å²) in [6.07, 6.45) is 1.95. The van der Waals surface area contributed by atoms with Gasteiger partial charge in [0.1, 0.15) is 0 Å². The second-order valence-electron chi connectivity index (χ2n) is 4.08. The molecule has 6 nitrogen and oxygen atoms in total. The Kier molecular flexibility index (Phi) is 17.8. The van der Waals surface area contributed by atoms with E-state index in [1.807, 2.05) is 6.92 Å². The van der Waals surface area contributed by atoms with Crippen molar-refractivity contribution in [3.63, 3.8) is 0 Å². The Morgan fingerprint density at radius 2 is 1.89 bits per heavy atom. The Hall–Kier alpha value is -0.120. The maximum absolute atomic E-state index is 5.72. The highest BCUT2D eigenvalue weighted by molar-refractivity contribution is 14.0. The first kappa shape index (κ1) is 21.2. The number of nitrogens with one attached hydrogen (secondary N) is 1. The molecular formula is C12H28IN3O3. The monoisotopic (exact) mass is 389 g/mol. The van der Waals surface area contributed by atoms with Gasteiger partial charge in [-0.15, -0.1) is 24.0 Å². The molecule has 0 radical (unpaired) electrons. The molecule has 0 saturated heterocycles. The number of nitrogens with two attached hydrogens (primary N) is 1. The van der Waals surface area contributed by atoms with Crippen molar-refractivity contribution in [2.75, 3.05) is 47.2 Å². The Morgan fingerprint density at radius 1 is 1.16 bits per heavy atom. The fraction of sp³-hybridized carbons (Fsp3) is 0.917. The highest BCUT2D eigenvalue weighted by Gasteiger charge is 2.00. The quantitative estimate of drug-likeness (QED) is 0.239. The van der Waals surface area contributed by atoms with Crippen LogP contribution >= 0.6 is 24.0 Å². The average molecular weight is 389 g/mol. The highest BCUT2D eigenvalue weighted by Crippen LogP contribution is 1.91. The lowest BCUT2D eigenvalue weighted by molar-refractivity contribution is 0.0690. The second-order valence-corrected chi connectivity index (χ2v) is 4.08. The summed E-state index contributed by atoms with van der Waals surface area (Å²) in [4.78, 5) is 4.23. The lowest BCUT2D eigenvalue weighted by Crippen LogP contribution is -2.40. The molecule has 0 aliphatic carbocycles. The van der Waals surface area contributed by atoms with E-state index in [2.05, 4.69) is 10.3 Å². The van der Waals surface area contributed by atoms with Gasteiger partial charge in [0, 0.05) is 33.4 Å².